The summed E-state index contributed by atoms with van der Waals surface area (Å²) >= 11 is 9.39. The van der Waals surface area contributed by atoms with Gasteiger partial charge in [0.1, 0.15) is 0 Å². The monoisotopic (exact) mass is 328 g/mol. The molecule has 0 unspecified atom stereocenters. The Morgan fingerprint density at radius 1 is 1.33 bits per heavy atom. The zero-order valence-corrected chi connectivity index (χ0v) is 12.6. The Hall–Kier alpha value is -1.06. The standard InChI is InChI=1S/C14H14BrClO2/c1-10-3-5-11(6-4-10)13(16)8-7-12(9-15)14(17)18-2/h3-8H,9H2,1-2H3/b12-7+,13-8-. The number of aryl methyl sites for hydroxylation is 1. The molecular formula is C14H14BrClO2. The van der Waals surface area contributed by atoms with Crippen molar-refractivity contribution in [3.05, 3.63) is 53.1 Å². The highest BCUT2D eigenvalue weighted by Gasteiger charge is 2.06. The Morgan fingerprint density at radius 3 is 2.44 bits per heavy atom. The molecule has 1 rings (SSSR count). The van der Waals surface area contributed by atoms with Crippen LogP contribution in [-0.2, 0) is 9.53 Å². The molecule has 2 nitrogen and oxygen atoms in total. The summed E-state index contributed by atoms with van der Waals surface area (Å²) in [5, 5.41) is 1.01. The van der Waals surface area contributed by atoms with Gasteiger partial charge in [0.15, 0.2) is 0 Å². The number of carbonyl (C=O) groups is 1. The van der Waals surface area contributed by atoms with Crippen molar-refractivity contribution < 1.29 is 9.53 Å². The van der Waals surface area contributed by atoms with E-state index in [0.717, 1.165) is 5.56 Å². The van der Waals surface area contributed by atoms with Gasteiger partial charge in [-0.3, -0.25) is 0 Å². The fourth-order valence-electron chi connectivity index (χ4n) is 1.28. The molecule has 0 aliphatic carbocycles. The van der Waals surface area contributed by atoms with Crippen LogP contribution in [0.5, 0.6) is 0 Å². The average molecular weight is 330 g/mol. The Bertz CT molecular complexity index is 475. The minimum atomic E-state index is -0.364. The maximum atomic E-state index is 11.3. The predicted molar refractivity (Wildman–Crippen MR) is 78.9 cm³/mol. The van der Waals surface area contributed by atoms with Crippen LogP contribution >= 0.6 is 27.5 Å². The largest absolute Gasteiger partial charge is 0.466 e. The lowest BCUT2D eigenvalue weighted by Gasteiger charge is -2.01. The van der Waals surface area contributed by atoms with Crippen LogP contribution in [0.15, 0.2) is 42.0 Å². The van der Waals surface area contributed by atoms with Gasteiger partial charge in [-0.15, -0.1) is 0 Å². The third-order valence-corrected chi connectivity index (χ3v) is 3.30. The number of allylic oxidation sites excluding steroid dienone is 2. The van der Waals surface area contributed by atoms with Crippen LogP contribution in [0.25, 0.3) is 5.03 Å². The van der Waals surface area contributed by atoms with Crippen LogP contribution in [-0.4, -0.2) is 18.4 Å². The van der Waals surface area contributed by atoms with Crippen molar-refractivity contribution in [3.63, 3.8) is 0 Å². The van der Waals surface area contributed by atoms with Crippen LogP contribution in [0.1, 0.15) is 11.1 Å². The Labute approximate surface area is 120 Å². The first-order chi connectivity index (χ1) is 8.58. The maximum Gasteiger partial charge on any atom is 0.334 e. The molecule has 0 aliphatic rings. The van der Waals surface area contributed by atoms with Crippen molar-refractivity contribution in [2.24, 2.45) is 0 Å². The van der Waals surface area contributed by atoms with E-state index in [1.54, 1.807) is 12.2 Å². The van der Waals surface area contributed by atoms with Crippen LogP contribution in [0.3, 0.4) is 0 Å². The highest BCUT2D eigenvalue weighted by Crippen LogP contribution is 2.19. The molecule has 0 heterocycles. The van der Waals surface area contributed by atoms with Gasteiger partial charge < -0.3 is 4.74 Å². The van der Waals surface area contributed by atoms with E-state index >= 15 is 0 Å². The number of rotatable bonds is 4. The van der Waals surface area contributed by atoms with Gasteiger partial charge in [-0.2, -0.15) is 0 Å². The molecule has 0 saturated heterocycles. The number of esters is 1. The van der Waals surface area contributed by atoms with E-state index in [1.165, 1.54) is 12.7 Å². The number of ether oxygens (including phenoxy) is 1. The normalized spacial score (nSPS) is 12.4. The molecule has 0 N–H and O–H groups in total. The molecule has 0 amide bonds. The number of hydrogen-bond acceptors (Lipinski definition) is 2. The molecule has 1 aromatic rings. The SMILES string of the molecule is COC(=O)/C(=C/C=C(\Cl)c1ccc(C)cc1)CBr. The smallest absolute Gasteiger partial charge is 0.334 e. The van der Waals surface area contributed by atoms with Crippen LogP contribution in [0.2, 0.25) is 0 Å². The molecule has 0 spiro atoms. The summed E-state index contributed by atoms with van der Waals surface area (Å²) in [6.45, 7) is 2.02. The molecule has 18 heavy (non-hydrogen) atoms. The summed E-state index contributed by atoms with van der Waals surface area (Å²) < 4.78 is 4.65. The first kappa shape index (κ1) is 15.0. The first-order valence-electron chi connectivity index (χ1n) is 5.36. The highest BCUT2D eigenvalue weighted by molar-refractivity contribution is 9.09. The van der Waals surface area contributed by atoms with E-state index in [-0.39, 0.29) is 5.97 Å². The molecule has 0 bridgehead atoms. The van der Waals surface area contributed by atoms with E-state index in [2.05, 4.69) is 20.7 Å². The lowest BCUT2D eigenvalue weighted by Crippen LogP contribution is -2.05. The fourth-order valence-corrected chi connectivity index (χ4v) is 1.89. The van der Waals surface area contributed by atoms with E-state index in [9.17, 15) is 4.79 Å². The van der Waals surface area contributed by atoms with Gasteiger partial charge >= 0.3 is 5.97 Å². The van der Waals surface area contributed by atoms with Crippen LogP contribution in [0, 0.1) is 6.92 Å². The number of methoxy groups -OCH3 is 1. The second kappa shape index (κ2) is 7.39. The van der Waals surface area contributed by atoms with Gasteiger partial charge in [0.05, 0.1) is 7.11 Å². The van der Waals surface area contributed by atoms with Crippen LogP contribution in [0.4, 0.5) is 0 Å². The van der Waals surface area contributed by atoms with Crippen molar-refractivity contribution in [1.29, 1.82) is 0 Å². The quantitative estimate of drug-likeness (QED) is 0.360. The zero-order chi connectivity index (χ0) is 13.5. The van der Waals surface area contributed by atoms with Gasteiger partial charge in [0.2, 0.25) is 0 Å². The van der Waals surface area contributed by atoms with Gasteiger partial charge in [-0.1, -0.05) is 57.4 Å². The topological polar surface area (TPSA) is 26.3 Å². The number of hydrogen-bond donors (Lipinski definition) is 0. The lowest BCUT2D eigenvalue weighted by atomic mass is 10.1. The Balaban J connectivity index is 2.92. The summed E-state index contributed by atoms with van der Waals surface area (Å²) in [6.07, 6.45) is 3.35. The predicted octanol–water partition coefficient (Wildman–Crippen LogP) is 4.07. The molecule has 1 aromatic carbocycles. The third kappa shape index (κ3) is 4.31. The van der Waals surface area contributed by atoms with Crippen molar-refractivity contribution >= 4 is 38.5 Å². The molecule has 96 valence electrons. The van der Waals surface area contributed by atoms with Gasteiger partial charge in [0, 0.05) is 15.9 Å². The van der Waals surface area contributed by atoms with E-state index in [4.69, 9.17) is 11.6 Å². The molecule has 0 saturated carbocycles. The molecule has 0 fully saturated rings. The molecule has 4 heteroatoms. The van der Waals surface area contributed by atoms with Crippen molar-refractivity contribution in [2.75, 3.05) is 12.4 Å². The van der Waals surface area contributed by atoms with Crippen molar-refractivity contribution in [3.8, 4) is 0 Å². The third-order valence-electron chi connectivity index (χ3n) is 2.35. The van der Waals surface area contributed by atoms with Gasteiger partial charge in [-0.25, -0.2) is 4.79 Å². The zero-order valence-electron chi connectivity index (χ0n) is 10.2. The van der Waals surface area contributed by atoms with E-state index in [0.29, 0.717) is 15.9 Å². The Kier molecular flexibility index (Phi) is 6.16. The van der Waals surface area contributed by atoms with Crippen LogP contribution < -0.4 is 0 Å². The number of alkyl halides is 1. The lowest BCUT2D eigenvalue weighted by molar-refractivity contribution is -0.135. The summed E-state index contributed by atoms with van der Waals surface area (Å²) in [7, 11) is 1.35. The molecule has 0 aliphatic heterocycles. The van der Waals surface area contributed by atoms with Crippen molar-refractivity contribution in [1.82, 2.24) is 0 Å². The summed E-state index contributed by atoms with van der Waals surface area (Å²) in [6, 6.07) is 7.85. The van der Waals surface area contributed by atoms with E-state index in [1.807, 2.05) is 31.2 Å². The average Bonchev–Trinajstić information content (AvgIpc) is 2.39. The Morgan fingerprint density at radius 2 is 1.94 bits per heavy atom. The second-order valence-corrected chi connectivity index (χ2v) is 4.67. The number of halogens is 2. The number of benzene rings is 1. The number of carbonyl (C=O) groups excluding carboxylic acids is 1. The maximum absolute atomic E-state index is 11.3. The van der Waals surface area contributed by atoms with Gasteiger partial charge in [-0.05, 0) is 24.6 Å². The molecule has 0 atom stereocenters. The van der Waals surface area contributed by atoms with Gasteiger partial charge in [0.25, 0.3) is 0 Å². The molecule has 0 radical (unpaired) electrons. The summed E-state index contributed by atoms with van der Waals surface area (Å²) in [4.78, 5) is 11.3. The summed E-state index contributed by atoms with van der Waals surface area (Å²) in [5.41, 5.74) is 2.61. The highest BCUT2D eigenvalue weighted by atomic mass is 79.9. The molecule has 0 aromatic heterocycles. The van der Waals surface area contributed by atoms with E-state index < -0.39 is 0 Å². The minimum absolute atomic E-state index is 0.364. The second-order valence-electron chi connectivity index (χ2n) is 3.70. The fraction of sp³-hybridized carbons (Fsp3) is 0.214. The summed E-state index contributed by atoms with van der Waals surface area (Å²) in [5.74, 6) is -0.364. The minimum Gasteiger partial charge on any atom is -0.466 e. The first-order valence-corrected chi connectivity index (χ1v) is 6.86. The molecular weight excluding hydrogens is 316 g/mol. The van der Waals surface area contributed by atoms with Crippen molar-refractivity contribution in [2.45, 2.75) is 6.92 Å².